The highest BCUT2D eigenvalue weighted by molar-refractivity contribution is 7.99. The van der Waals surface area contributed by atoms with E-state index in [0.717, 1.165) is 29.6 Å². The van der Waals surface area contributed by atoms with Crippen LogP contribution in [0.15, 0.2) is 35.4 Å². The summed E-state index contributed by atoms with van der Waals surface area (Å²) < 4.78 is 15.0. The molecular weight excluding hydrogens is 314 g/mol. The second kappa shape index (κ2) is 6.56. The molecule has 2 heterocycles. The zero-order valence-corrected chi connectivity index (χ0v) is 13.9. The van der Waals surface area contributed by atoms with Crippen LogP contribution < -0.4 is 10.1 Å². The van der Waals surface area contributed by atoms with Crippen LogP contribution in [0.2, 0.25) is 0 Å². The van der Waals surface area contributed by atoms with E-state index in [1.807, 2.05) is 0 Å². The number of benzene rings is 1. The number of fused-ring (bicyclic) bond motifs is 2. The van der Waals surface area contributed by atoms with Crippen molar-refractivity contribution in [3.05, 3.63) is 35.9 Å². The summed E-state index contributed by atoms with van der Waals surface area (Å²) in [6.07, 6.45) is 3.83. The molecule has 0 spiro atoms. The Kier molecular flexibility index (Phi) is 4.32. The topological polar surface area (TPSA) is 47.0 Å². The summed E-state index contributed by atoms with van der Waals surface area (Å²) in [4.78, 5) is 0. The number of aryl methyl sites for hydroxylation is 1. The number of aromatic nitrogens is 2. The van der Waals surface area contributed by atoms with Crippen LogP contribution in [0.3, 0.4) is 0 Å². The third-order valence-corrected chi connectivity index (χ3v) is 6.08. The zero-order chi connectivity index (χ0) is 14.8. The summed E-state index contributed by atoms with van der Waals surface area (Å²) in [6, 6.07) is 11.1. The Morgan fingerprint density at radius 2 is 2.14 bits per heavy atom. The Hall–Kier alpha value is -1.11. The van der Waals surface area contributed by atoms with Gasteiger partial charge in [-0.15, -0.1) is 4.37 Å². The van der Waals surface area contributed by atoms with Crippen molar-refractivity contribution in [1.82, 2.24) is 14.1 Å². The fourth-order valence-corrected chi connectivity index (χ4v) is 4.85. The SMILES string of the molecule is c1ccc(CCSc2nsnc2OC2C3CCC2NC3)cc1. The molecule has 22 heavy (non-hydrogen) atoms. The number of nitrogens with one attached hydrogen (secondary N) is 1. The van der Waals surface area contributed by atoms with Crippen LogP contribution in [-0.4, -0.2) is 33.2 Å². The number of rotatable bonds is 6. The predicted octanol–water partition coefficient (Wildman–Crippen LogP) is 3.00. The van der Waals surface area contributed by atoms with Crippen molar-refractivity contribution >= 4 is 23.5 Å². The second-order valence-corrected chi connectivity index (χ2v) is 7.51. The standard InChI is InChI=1S/C16H19N3OS2/c1-2-4-11(5-3-1)8-9-21-16-15(18-22-19-16)20-14-12-6-7-13(14)17-10-12/h1-5,12-14,17H,6-10H2. The molecule has 0 radical (unpaired) electrons. The monoisotopic (exact) mass is 333 g/mol. The van der Waals surface area contributed by atoms with Gasteiger partial charge in [-0.05, 0) is 24.8 Å². The molecule has 116 valence electrons. The molecule has 1 aliphatic heterocycles. The summed E-state index contributed by atoms with van der Waals surface area (Å²) in [5.74, 6) is 2.39. The van der Waals surface area contributed by atoms with Crippen molar-refractivity contribution in [3.8, 4) is 5.88 Å². The lowest BCUT2D eigenvalue weighted by molar-refractivity contribution is 0.166. The first-order chi connectivity index (χ1) is 10.9. The third kappa shape index (κ3) is 3.00. The lowest BCUT2D eigenvalue weighted by Gasteiger charge is -2.15. The van der Waals surface area contributed by atoms with Gasteiger partial charge in [0.05, 0.1) is 11.7 Å². The molecule has 1 aliphatic carbocycles. The van der Waals surface area contributed by atoms with Crippen molar-refractivity contribution in [3.63, 3.8) is 0 Å². The average Bonchev–Trinajstić information content (AvgIpc) is 3.26. The van der Waals surface area contributed by atoms with Crippen LogP contribution in [0.4, 0.5) is 0 Å². The van der Waals surface area contributed by atoms with Gasteiger partial charge in [0.1, 0.15) is 6.10 Å². The van der Waals surface area contributed by atoms with Crippen LogP contribution in [0.1, 0.15) is 18.4 Å². The fraction of sp³-hybridized carbons (Fsp3) is 0.500. The minimum atomic E-state index is 0.289. The van der Waals surface area contributed by atoms with Crippen LogP contribution in [0.25, 0.3) is 0 Å². The van der Waals surface area contributed by atoms with Crippen molar-refractivity contribution in [1.29, 1.82) is 0 Å². The molecule has 4 nitrogen and oxygen atoms in total. The second-order valence-electron chi connectivity index (χ2n) is 5.89. The molecule has 6 heteroatoms. The molecule has 1 aromatic carbocycles. The zero-order valence-electron chi connectivity index (χ0n) is 12.3. The van der Waals surface area contributed by atoms with Crippen LogP contribution in [-0.2, 0) is 6.42 Å². The smallest absolute Gasteiger partial charge is 0.260 e. The molecule has 2 aromatic rings. The highest BCUT2D eigenvalue weighted by Crippen LogP contribution is 2.36. The van der Waals surface area contributed by atoms with Gasteiger partial charge >= 0.3 is 0 Å². The highest BCUT2D eigenvalue weighted by atomic mass is 32.2. The highest BCUT2D eigenvalue weighted by Gasteiger charge is 2.43. The van der Waals surface area contributed by atoms with Crippen LogP contribution in [0, 0.1) is 5.92 Å². The first kappa shape index (κ1) is 14.5. The van der Waals surface area contributed by atoms with Crippen LogP contribution in [0.5, 0.6) is 5.88 Å². The molecule has 3 unspecified atom stereocenters. The molecule has 1 saturated heterocycles. The predicted molar refractivity (Wildman–Crippen MR) is 89.7 cm³/mol. The lowest BCUT2D eigenvalue weighted by atomic mass is 10.1. The summed E-state index contributed by atoms with van der Waals surface area (Å²) in [7, 11) is 0. The number of piperidine rings is 1. The first-order valence-corrected chi connectivity index (χ1v) is 9.51. The number of hydrogen-bond donors (Lipinski definition) is 1. The molecule has 1 saturated carbocycles. The maximum absolute atomic E-state index is 6.19. The van der Waals surface area contributed by atoms with Gasteiger partial charge < -0.3 is 10.1 Å². The summed E-state index contributed by atoms with van der Waals surface area (Å²) in [6.45, 7) is 1.09. The van der Waals surface area contributed by atoms with Gasteiger partial charge in [-0.3, -0.25) is 0 Å². The number of nitrogens with zero attached hydrogens (tertiary/aromatic N) is 2. The van der Waals surface area contributed by atoms with E-state index in [1.54, 1.807) is 11.8 Å². The maximum atomic E-state index is 6.19. The quantitative estimate of drug-likeness (QED) is 0.824. The largest absolute Gasteiger partial charge is 0.470 e. The summed E-state index contributed by atoms with van der Waals surface area (Å²) in [5.41, 5.74) is 1.36. The van der Waals surface area contributed by atoms with Crippen LogP contribution >= 0.6 is 23.5 Å². The molecule has 2 aliphatic rings. The van der Waals surface area contributed by atoms with E-state index in [2.05, 4.69) is 44.4 Å². The Labute approximate surface area is 139 Å². The summed E-state index contributed by atoms with van der Waals surface area (Å²) >= 11 is 3.00. The van der Waals surface area contributed by atoms with Crippen molar-refractivity contribution in [2.24, 2.45) is 5.92 Å². The lowest BCUT2D eigenvalue weighted by Crippen LogP contribution is -2.31. The first-order valence-electron chi connectivity index (χ1n) is 7.79. The molecule has 3 atom stereocenters. The van der Waals surface area contributed by atoms with E-state index in [4.69, 9.17) is 4.74 Å². The summed E-state index contributed by atoms with van der Waals surface area (Å²) in [5, 5.41) is 4.48. The third-order valence-electron chi connectivity index (χ3n) is 4.50. The van der Waals surface area contributed by atoms with E-state index in [1.165, 1.54) is 30.1 Å². The minimum Gasteiger partial charge on any atom is -0.470 e. The minimum absolute atomic E-state index is 0.289. The average molecular weight is 333 g/mol. The Balaban J connectivity index is 1.34. The van der Waals surface area contributed by atoms with Gasteiger partial charge in [0.15, 0.2) is 5.03 Å². The van der Waals surface area contributed by atoms with Crippen molar-refractivity contribution in [2.45, 2.75) is 36.4 Å². The Morgan fingerprint density at radius 1 is 1.23 bits per heavy atom. The van der Waals surface area contributed by atoms with E-state index < -0.39 is 0 Å². The van der Waals surface area contributed by atoms with Gasteiger partial charge in [0.2, 0.25) is 0 Å². The number of hydrogen-bond acceptors (Lipinski definition) is 6. The van der Waals surface area contributed by atoms with Gasteiger partial charge in [0, 0.05) is 24.3 Å². The van der Waals surface area contributed by atoms with Gasteiger partial charge in [0.25, 0.3) is 5.88 Å². The van der Waals surface area contributed by atoms with Gasteiger partial charge in [-0.25, -0.2) is 0 Å². The van der Waals surface area contributed by atoms with Crippen molar-refractivity contribution < 1.29 is 4.74 Å². The number of ether oxygens (including phenoxy) is 1. The normalized spacial score (nSPS) is 26.5. The van der Waals surface area contributed by atoms with Crippen molar-refractivity contribution in [2.75, 3.05) is 12.3 Å². The van der Waals surface area contributed by atoms with Gasteiger partial charge in [-0.1, -0.05) is 42.1 Å². The fourth-order valence-electron chi connectivity index (χ4n) is 3.34. The van der Waals surface area contributed by atoms with E-state index in [9.17, 15) is 0 Å². The molecule has 2 fully saturated rings. The van der Waals surface area contributed by atoms with E-state index >= 15 is 0 Å². The molecule has 1 aromatic heterocycles. The number of thioether (sulfide) groups is 1. The molecule has 0 amide bonds. The molecule has 2 bridgehead atoms. The maximum Gasteiger partial charge on any atom is 0.260 e. The molecule has 4 rings (SSSR count). The molecule has 1 N–H and O–H groups in total. The van der Waals surface area contributed by atoms with E-state index in [-0.39, 0.29) is 6.10 Å². The molecular formula is C16H19N3OS2. The van der Waals surface area contributed by atoms with Gasteiger partial charge in [-0.2, -0.15) is 4.37 Å². The Bertz CT molecular complexity index is 599. The van der Waals surface area contributed by atoms with E-state index in [0.29, 0.717) is 12.0 Å². The Morgan fingerprint density at radius 3 is 2.86 bits per heavy atom.